The Bertz CT molecular complexity index is 1700. The number of hydrogen-bond acceptors (Lipinski definition) is 9. The third kappa shape index (κ3) is 10.4. The molecule has 11 heteroatoms. The van der Waals surface area contributed by atoms with Crippen molar-refractivity contribution >= 4 is 28.9 Å². The third-order valence-corrected chi connectivity index (χ3v) is 8.35. The Morgan fingerprint density at radius 1 is 0.898 bits per heavy atom. The summed E-state index contributed by atoms with van der Waals surface area (Å²) in [7, 11) is 1.90. The van der Waals surface area contributed by atoms with Crippen LogP contribution in [0.4, 0.5) is 17.1 Å². The third-order valence-electron chi connectivity index (χ3n) is 8.35. The van der Waals surface area contributed by atoms with Gasteiger partial charge in [0.05, 0.1) is 36.3 Å². The van der Waals surface area contributed by atoms with E-state index in [9.17, 15) is 24.9 Å². The Balaban J connectivity index is 1.21. The Morgan fingerprint density at radius 2 is 1.63 bits per heavy atom. The van der Waals surface area contributed by atoms with Crippen molar-refractivity contribution in [1.82, 2.24) is 4.90 Å². The van der Waals surface area contributed by atoms with Gasteiger partial charge in [0.1, 0.15) is 5.75 Å². The number of hydrogen-bond donors (Lipinski definition) is 6. The first kappa shape index (κ1) is 35.5. The lowest BCUT2D eigenvalue weighted by Gasteiger charge is -2.38. The number of para-hydroxylation sites is 2. The minimum atomic E-state index is -0.799. The zero-order chi connectivity index (χ0) is 34.8. The van der Waals surface area contributed by atoms with Crippen LogP contribution in [0.15, 0.2) is 97.1 Å². The molecular weight excluding hydrogens is 624 g/mol. The highest BCUT2D eigenvalue weighted by atomic mass is 16.7. The Kier molecular flexibility index (Phi) is 12.4. The number of nitrogen functional groups attached to an aromatic ring is 1. The Labute approximate surface area is 286 Å². The number of anilines is 3. The second-order valence-electron chi connectivity index (χ2n) is 12.3. The zero-order valence-electron chi connectivity index (χ0n) is 27.5. The van der Waals surface area contributed by atoms with Crippen molar-refractivity contribution < 1.29 is 34.4 Å². The van der Waals surface area contributed by atoms with E-state index in [-0.39, 0.29) is 49.2 Å². The van der Waals surface area contributed by atoms with Gasteiger partial charge in [0.25, 0.3) is 0 Å². The molecular formula is C38H44N4O7. The number of likely N-dealkylation sites (N-methyl/N-ethyl adjacent to an activating group) is 1. The topological polar surface area (TPSA) is 167 Å². The molecule has 1 heterocycles. The van der Waals surface area contributed by atoms with E-state index in [2.05, 4.69) is 10.6 Å². The van der Waals surface area contributed by atoms with Gasteiger partial charge in [-0.1, -0.05) is 60.7 Å². The first-order valence-electron chi connectivity index (χ1n) is 16.4. The van der Waals surface area contributed by atoms with Crippen LogP contribution in [0.5, 0.6) is 5.75 Å². The van der Waals surface area contributed by atoms with Crippen LogP contribution in [-0.2, 0) is 25.7 Å². The number of amides is 2. The monoisotopic (exact) mass is 668 g/mol. The van der Waals surface area contributed by atoms with Gasteiger partial charge in [0, 0.05) is 43.6 Å². The molecule has 258 valence electrons. The molecule has 4 aromatic carbocycles. The van der Waals surface area contributed by atoms with Crippen molar-refractivity contribution in [3.63, 3.8) is 0 Å². The average molecular weight is 669 g/mol. The van der Waals surface area contributed by atoms with Crippen LogP contribution in [0.2, 0.25) is 0 Å². The summed E-state index contributed by atoms with van der Waals surface area (Å²) in [6.45, 7) is 0.775. The number of carbonyl (C=O) groups is 2. The first-order chi connectivity index (χ1) is 23.7. The first-order valence-corrected chi connectivity index (χ1v) is 16.4. The second-order valence-corrected chi connectivity index (χ2v) is 12.3. The largest absolute Gasteiger partial charge is 0.508 e. The van der Waals surface area contributed by atoms with Crippen LogP contribution < -0.4 is 16.4 Å². The molecule has 0 aromatic heterocycles. The van der Waals surface area contributed by atoms with E-state index >= 15 is 0 Å². The molecule has 49 heavy (non-hydrogen) atoms. The van der Waals surface area contributed by atoms with Gasteiger partial charge in [-0.25, -0.2) is 0 Å². The van der Waals surface area contributed by atoms with Gasteiger partial charge in [-0.2, -0.15) is 0 Å². The number of aromatic hydroxyl groups is 1. The minimum absolute atomic E-state index is 0.0546. The lowest BCUT2D eigenvalue weighted by Crippen LogP contribution is -2.39. The summed E-state index contributed by atoms with van der Waals surface area (Å²) in [5, 5.41) is 35.8. The lowest BCUT2D eigenvalue weighted by atomic mass is 9.99. The van der Waals surface area contributed by atoms with Crippen LogP contribution in [0.3, 0.4) is 0 Å². The van der Waals surface area contributed by atoms with E-state index in [1.807, 2.05) is 54.4 Å². The fourth-order valence-electron chi connectivity index (χ4n) is 5.81. The van der Waals surface area contributed by atoms with E-state index in [0.717, 1.165) is 16.7 Å². The van der Waals surface area contributed by atoms with Crippen LogP contribution in [0.25, 0.3) is 0 Å². The van der Waals surface area contributed by atoms with Gasteiger partial charge in [0.2, 0.25) is 11.8 Å². The number of nitrogens with one attached hydrogen (secondary N) is 2. The van der Waals surface area contributed by atoms with Crippen LogP contribution in [0, 0.1) is 0 Å². The number of ether oxygens (including phenoxy) is 2. The number of nitrogens with zero attached hydrogens (tertiary/aromatic N) is 1. The molecule has 2 amide bonds. The molecule has 7 N–H and O–H groups in total. The van der Waals surface area contributed by atoms with E-state index < -0.39 is 12.4 Å². The van der Waals surface area contributed by atoms with E-state index in [1.54, 1.807) is 54.6 Å². The van der Waals surface area contributed by atoms with Crippen molar-refractivity contribution in [3.05, 3.63) is 119 Å². The van der Waals surface area contributed by atoms with Gasteiger partial charge in [-0.3, -0.25) is 9.59 Å². The lowest BCUT2D eigenvalue weighted by molar-refractivity contribution is -0.252. The van der Waals surface area contributed by atoms with Crippen LogP contribution in [0.1, 0.15) is 66.4 Å². The highest BCUT2D eigenvalue weighted by Crippen LogP contribution is 2.39. The number of phenols is 1. The standard InChI is InChI=1S/C38H44N4O7/c1-42(23-34(45)27-7-5-10-30(44)20-27)22-31-21-35(26-17-15-25(24-43)16-18-26)49-38(48-31)28-8-4-9-29(19-28)40-36(46)13-6-14-37(47)41-33-12-3-2-11-32(33)39/h2-5,7-12,15-20,31,34-35,38,43-45H,6,13-14,21-24,39H2,1H3,(H,40,46)(H,41,47)/t31-,34-,35+,38+/m1/s1. The molecule has 0 bridgehead atoms. The normalized spacial score (nSPS) is 18.2. The van der Waals surface area contributed by atoms with Crippen molar-refractivity contribution in [2.24, 2.45) is 0 Å². The molecule has 1 aliphatic rings. The summed E-state index contributed by atoms with van der Waals surface area (Å²) in [6, 6.07) is 28.5. The highest BCUT2D eigenvalue weighted by molar-refractivity contribution is 5.94. The van der Waals surface area contributed by atoms with Crippen LogP contribution in [-0.4, -0.2) is 58.3 Å². The molecule has 1 saturated heterocycles. The summed E-state index contributed by atoms with van der Waals surface area (Å²) in [4.78, 5) is 27.1. The molecule has 0 unspecified atom stereocenters. The average Bonchev–Trinajstić information content (AvgIpc) is 3.09. The molecule has 1 aliphatic heterocycles. The Morgan fingerprint density at radius 3 is 2.37 bits per heavy atom. The van der Waals surface area contributed by atoms with Crippen molar-refractivity contribution in [2.45, 2.75) is 56.9 Å². The van der Waals surface area contributed by atoms with Gasteiger partial charge in [0.15, 0.2) is 6.29 Å². The van der Waals surface area contributed by atoms with Gasteiger partial charge in [-0.05, 0) is 66.6 Å². The fourth-order valence-corrected chi connectivity index (χ4v) is 5.81. The molecule has 1 fully saturated rings. The smallest absolute Gasteiger partial charge is 0.224 e. The van der Waals surface area contributed by atoms with E-state index in [1.165, 1.54) is 0 Å². The molecule has 0 aliphatic carbocycles. The number of rotatable bonds is 14. The van der Waals surface area contributed by atoms with Gasteiger partial charge >= 0.3 is 0 Å². The summed E-state index contributed by atoms with van der Waals surface area (Å²) >= 11 is 0. The fraction of sp³-hybridized carbons (Fsp3) is 0.316. The summed E-state index contributed by atoms with van der Waals surface area (Å²) in [5.41, 5.74) is 10.6. The van der Waals surface area contributed by atoms with Crippen molar-refractivity contribution in [1.29, 1.82) is 0 Å². The van der Waals surface area contributed by atoms with Crippen molar-refractivity contribution in [2.75, 3.05) is 36.5 Å². The molecule has 0 saturated carbocycles. The quantitative estimate of drug-likeness (QED) is 0.0962. The van der Waals surface area contributed by atoms with Crippen LogP contribution >= 0.6 is 0 Å². The highest BCUT2D eigenvalue weighted by Gasteiger charge is 2.33. The zero-order valence-corrected chi connectivity index (χ0v) is 27.5. The maximum Gasteiger partial charge on any atom is 0.224 e. The maximum atomic E-state index is 12.8. The van der Waals surface area contributed by atoms with Gasteiger partial charge in [-0.15, -0.1) is 0 Å². The number of aliphatic hydroxyl groups is 2. The number of nitrogens with two attached hydrogens (primary N) is 1. The predicted molar refractivity (Wildman–Crippen MR) is 187 cm³/mol. The predicted octanol–water partition coefficient (Wildman–Crippen LogP) is 5.43. The molecule has 11 nitrogen and oxygen atoms in total. The number of carbonyl (C=O) groups excluding carboxylic acids is 2. The number of aliphatic hydroxyl groups excluding tert-OH is 2. The molecule has 0 spiro atoms. The minimum Gasteiger partial charge on any atom is -0.508 e. The van der Waals surface area contributed by atoms with E-state index in [0.29, 0.717) is 48.6 Å². The van der Waals surface area contributed by atoms with E-state index in [4.69, 9.17) is 15.2 Å². The molecule has 5 rings (SSSR count). The number of phenolic OH excluding ortho intramolecular Hbond substituents is 1. The molecule has 0 radical (unpaired) electrons. The second kappa shape index (κ2) is 17.0. The van der Waals surface area contributed by atoms with Gasteiger partial charge < -0.3 is 46.1 Å². The number of benzene rings is 4. The summed E-state index contributed by atoms with van der Waals surface area (Å²) in [5.74, 6) is -0.337. The summed E-state index contributed by atoms with van der Waals surface area (Å²) in [6.07, 6.45) is -0.855. The SMILES string of the molecule is CN(C[C@H]1C[C@@H](c2ccc(CO)cc2)O[C@@H](c2cccc(NC(=O)CCCC(=O)Nc3ccccc3N)c2)O1)C[C@@H](O)c1cccc(O)c1. The Hall–Kier alpha value is -4.78. The molecule has 4 aromatic rings. The maximum absolute atomic E-state index is 12.8. The van der Waals surface area contributed by atoms with Crippen molar-refractivity contribution in [3.8, 4) is 5.75 Å². The summed E-state index contributed by atoms with van der Waals surface area (Å²) < 4.78 is 12.9. The molecule has 4 atom stereocenters.